The summed E-state index contributed by atoms with van der Waals surface area (Å²) in [6, 6.07) is 10.3. The largest absolute Gasteiger partial charge is 0.494 e. The lowest BCUT2D eigenvalue weighted by Gasteiger charge is -2.18. The van der Waals surface area contributed by atoms with Gasteiger partial charge in [0.15, 0.2) is 16.7 Å². The van der Waals surface area contributed by atoms with Gasteiger partial charge in [-0.05, 0) is 49.0 Å². The molecule has 0 aliphatic heterocycles. The fourth-order valence-corrected chi connectivity index (χ4v) is 2.36. The molecule has 0 unspecified atom stereocenters. The van der Waals surface area contributed by atoms with E-state index in [0.29, 0.717) is 16.4 Å². The van der Waals surface area contributed by atoms with Gasteiger partial charge in [0.05, 0.1) is 18.1 Å². The maximum absolute atomic E-state index is 13.7. The lowest BCUT2D eigenvalue weighted by atomic mass is 10.1. The number of thiocarbonyl (C=S) groups is 1. The van der Waals surface area contributed by atoms with Gasteiger partial charge >= 0.3 is 0 Å². The molecule has 0 bridgehead atoms. The Bertz CT molecular complexity index is 753. The molecule has 0 spiro atoms. The van der Waals surface area contributed by atoms with E-state index in [9.17, 15) is 14.5 Å². The third-order valence-electron chi connectivity index (χ3n) is 3.36. The molecular formula is C16H16FN3O3S. The van der Waals surface area contributed by atoms with Gasteiger partial charge in [-0.2, -0.15) is 0 Å². The number of nitro benzene ring substituents is 1. The maximum Gasteiger partial charge on any atom is 0.269 e. The zero-order valence-electron chi connectivity index (χ0n) is 13.1. The van der Waals surface area contributed by atoms with Crippen LogP contribution in [0.25, 0.3) is 0 Å². The third kappa shape index (κ3) is 4.39. The molecule has 0 heterocycles. The zero-order chi connectivity index (χ0) is 17.7. The van der Waals surface area contributed by atoms with Crippen molar-refractivity contribution < 1.29 is 14.1 Å². The maximum atomic E-state index is 13.7. The highest BCUT2D eigenvalue weighted by Crippen LogP contribution is 2.22. The summed E-state index contributed by atoms with van der Waals surface area (Å²) in [6.45, 7) is 1.84. The molecule has 0 saturated heterocycles. The second kappa shape index (κ2) is 7.69. The van der Waals surface area contributed by atoms with Crippen LogP contribution in [0.3, 0.4) is 0 Å². The number of benzene rings is 2. The van der Waals surface area contributed by atoms with Crippen molar-refractivity contribution in [1.82, 2.24) is 5.32 Å². The minimum atomic E-state index is -0.472. The molecule has 24 heavy (non-hydrogen) atoms. The van der Waals surface area contributed by atoms with E-state index in [1.54, 1.807) is 24.3 Å². The number of anilines is 1. The molecule has 0 saturated carbocycles. The van der Waals surface area contributed by atoms with Gasteiger partial charge in [0, 0.05) is 17.8 Å². The molecule has 0 aliphatic carbocycles. The van der Waals surface area contributed by atoms with E-state index in [2.05, 4.69) is 10.6 Å². The number of methoxy groups -OCH3 is 1. The highest BCUT2D eigenvalue weighted by molar-refractivity contribution is 7.80. The minimum absolute atomic E-state index is 0.00139. The van der Waals surface area contributed by atoms with Crippen LogP contribution in [-0.4, -0.2) is 17.1 Å². The van der Waals surface area contributed by atoms with Crippen LogP contribution in [0.2, 0.25) is 0 Å². The number of halogens is 1. The molecule has 126 valence electrons. The van der Waals surface area contributed by atoms with Gasteiger partial charge < -0.3 is 15.4 Å². The molecule has 1 atom stereocenters. The summed E-state index contributed by atoms with van der Waals surface area (Å²) in [6.07, 6.45) is 0. The first-order chi connectivity index (χ1) is 11.4. The number of hydrogen-bond acceptors (Lipinski definition) is 4. The molecule has 2 aromatic carbocycles. The van der Waals surface area contributed by atoms with Crippen LogP contribution in [0.5, 0.6) is 5.75 Å². The number of nitrogens with zero attached hydrogens (tertiary/aromatic N) is 1. The number of nitrogens with one attached hydrogen (secondary N) is 2. The summed E-state index contributed by atoms with van der Waals surface area (Å²) >= 11 is 5.20. The van der Waals surface area contributed by atoms with Crippen molar-refractivity contribution in [3.8, 4) is 5.75 Å². The van der Waals surface area contributed by atoms with Crippen molar-refractivity contribution in [2.75, 3.05) is 12.4 Å². The monoisotopic (exact) mass is 349 g/mol. The van der Waals surface area contributed by atoms with E-state index < -0.39 is 10.7 Å². The van der Waals surface area contributed by atoms with Gasteiger partial charge in [0.2, 0.25) is 0 Å². The van der Waals surface area contributed by atoms with Crippen molar-refractivity contribution in [3.63, 3.8) is 0 Å². The number of hydrogen-bond donors (Lipinski definition) is 2. The van der Waals surface area contributed by atoms with E-state index in [1.807, 2.05) is 6.92 Å². The van der Waals surface area contributed by atoms with Gasteiger partial charge in [-0.3, -0.25) is 10.1 Å². The first kappa shape index (κ1) is 17.6. The molecule has 0 aromatic heterocycles. The Morgan fingerprint density at radius 1 is 1.29 bits per heavy atom. The molecule has 0 amide bonds. The summed E-state index contributed by atoms with van der Waals surface area (Å²) in [5.41, 5.74) is 1.33. The number of non-ortho nitro benzene ring substituents is 1. The predicted octanol–water partition coefficient (Wildman–Crippen LogP) is 3.79. The fourth-order valence-electron chi connectivity index (χ4n) is 2.07. The van der Waals surface area contributed by atoms with Crippen LogP contribution in [0.15, 0.2) is 42.5 Å². The zero-order valence-corrected chi connectivity index (χ0v) is 13.9. The minimum Gasteiger partial charge on any atom is -0.494 e. The molecule has 8 heteroatoms. The Kier molecular flexibility index (Phi) is 5.64. The van der Waals surface area contributed by atoms with Crippen LogP contribution >= 0.6 is 12.2 Å². The summed E-state index contributed by atoms with van der Waals surface area (Å²) in [5, 5.41) is 16.9. The van der Waals surface area contributed by atoms with Crippen molar-refractivity contribution in [1.29, 1.82) is 0 Å². The number of rotatable bonds is 5. The lowest BCUT2D eigenvalue weighted by molar-refractivity contribution is -0.384. The molecular weight excluding hydrogens is 333 g/mol. The molecule has 2 aromatic rings. The molecule has 6 nitrogen and oxygen atoms in total. The summed E-state index contributed by atoms with van der Waals surface area (Å²) < 4.78 is 18.6. The molecule has 2 rings (SSSR count). The van der Waals surface area contributed by atoms with Gasteiger partial charge in [-0.1, -0.05) is 6.07 Å². The van der Waals surface area contributed by atoms with Crippen molar-refractivity contribution >= 4 is 28.7 Å². The molecule has 0 aliphatic rings. The Balaban J connectivity index is 1.98. The smallest absolute Gasteiger partial charge is 0.269 e. The SMILES string of the molecule is COc1ccc([C@@H](C)NC(=S)Nc2ccc([N+](=O)[O-])cc2)cc1F. The van der Waals surface area contributed by atoms with Crippen molar-refractivity contribution in [3.05, 3.63) is 64.0 Å². The van der Waals surface area contributed by atoms with E-state index in [4.69, 9.17) is 17.0 Å². The Labute approximate surface area is 143 Å². The Hall–Kier alpha value is -2.74. The lowest BCUT2D eigenvalue weighted by Crippen LogP contribution is -2.30. The van der Waals surface area contributed by atoms with Crippen LogP contribution in [0, 0.1) is 15.9 Å². The van der Waals surface area contributed by atoms with Gasteiger partial charge in [-0.25, -0.2) is 4.39 Å². The van der Waals surface area contributed by atoms with Crippen molar-refractivity contribution in [2.45, 2.75) is 13.0 Å². The van der Waals surface area contributed by atoms with Crippen LogP contribution in [0.1, 0.15) is 18.5 Å². The van der Waals surface area contributed by atoms with Crippen molar-refractivity contribution in [2.24, 2.45) is 0 Å². The molecule has 0 radical (unpaired) electrons. The summed E-state index contributed by atoms with van der Waals surface area (Å²) in [5.74, 6) is -0.268. The predicted molar refractivity (Wildman–Crippen MR) is 93.8 cm³/mol. The summed E-state index contributed by atoms with van der Waals surface area (Å²) in [7, 11) is 1.41. The summed E-state index contributed by atoms with van der Waals surface area (Å²) in [4.78, 5) is 10.1. The van der Waals surface area contributed by atoms with Gasteiger partial charge in [-0.15, -0.1) is 0 Å². The molecule has 2 N–H and O–H groups in total. The van der Waals surface area contributed by atoms with E-state index in [1.165, 1.54) is 25.3 Å². The second-order valence-corrected chi connectivity index (χ2v) is 5.43. The average molecular weight is 349 g/mol. The highest BCUT2D eigenvalue weighted by Gasteiger charge is 2.11. The highest BCUT2D eigenvalue weighted by atomic mass is 32.1. The van der Waals surface area contributed by atoms with Crippen LogP contribution < -0.4 is 15.4 Å². The van der Waals surface area contributed by atoms with E-state index in [-0.39, 0.29) is 17.5 Å². The second-order valence-electron chi connectivity index (χ2n) is 5.02. The Morgan fingerprint density at radius 2 is 1.96 bits per heavy atom. The number of nitro groups is 1. The third-order valence-corrected chi connectivity index (χ3v) is 3.58. The van der Waals surface area contributed by atoms with E-state index in [0.717, 1.165) is 0 Å². The first-order valence-corrected chi connectivity index (χ1v) is 7.47. The normalized spacial score (nSPS) is 11.5. The Morgan fingerprint density at radius 3 is 2.50 bits per heavy atom. The quantitative estimate of drug-likeness (QED) is 0.486. The number of ether oxygens (including phenoxy) is 1. The fraction of sp³-hybridized carbons (Fsp3) is 0.188. The average Bonchev–Trinajstić information content (AvgIpc) is 2.55. The first-order valence-electron chi connectivity index (χ1n) is 7.06. The standard InChI is InChI=1S/C16H16FN3O3S/c1-10(11-3-8-15(23-2)14(17)9-11)18-16(24)19-12-4-6-13(7-5-12)20(21)22/h3-10H,1-2H3,(H2,18,19,24)/t10-/m1/s1. The molecule has 0 fully saturated rings. The van der Waals surface area contributed by atoms with E-state index >= 15 is 0 Å². The van der Waals surface area contributed by atoms with Crippen LogP contribution in [-0.2, 0) is 0 Å². The topological polar surface area (TPSA) is 76.4 Å². The van der Waals surface area contributed by atoms with Gasteiger partial charge in [0.25, 0.3) is 5.69 Å². The van der Waals surface area contributed by atoms with Gasteiger partial charge in [0.1, 0.15) is 0 Å². The van der Waals surface area contributed by atoms with Crippen LogP contribution in [0.4, 0.5) is 15.8 Å².